The molecule has 0 radical (unpaired) electrons. The lowest BCUT2D eigenvalue weighted by atomic mass is 9.89. The Balaban J connectivity index is 0. The highest BCUT2D eigenvalue weighted by Crippen LogP contribution is 2.22. The van der Waals surface area contributed by atoms with Crippen LogP contribution in [0, 0.1) is 10.8 Å². The molecule has 0 fully saturated rings. The van der Waals surface area contributed by atoms with Crippen LogP contribution >= 0.6 is 12.4 Å². The third-order valence-electron chi connectivity index (χ3n) is 2.96. The second-order valence-electron chi connectivity index (χ2n) is 7.03. The number of nitrogens with two attached hydrogens (primary N) is 1. The van der Waals surface area contributed by atoms with E-state index in [0.29, 0.717) is 18.4 Å². The minimum Gasteiger partial charge on any atom is -0.345 e. The number of hydrogen-bond acceptors (Lipinski definition) is 2. The molecule has 18 heavy (non-hydrogen) atoms. The summed E-state index contributed by atoms with van der Waals surface area (Å²) in [5, 5.41) is 0. The fraction of sp³-hybridized carbons (Fsp3) is 0.929. The first-order valence-corrected chi connectivity index (χ1v) is 6.51. The smallest absolute Gasteiger partial charge is 0.222 e. The van der Waals surface area contributed by atoms with E-state index in [2.05, 4.69) is 34.6 Å². The minimum atomic E-state index is 0. The van der Waals surface area contributed by atoms with Gasteiger partial charge >= 0.3 is 0 Å². The quantitative estimate of drug-likeness (QED) is 0.812. The largest absolute Gasteiger partial charge is 0.345 e. The Hall–Kier alpha value is -0.280. The molecule has 0 aliphatic heterocycles. The topological polar surface area (TPSA) is 46.3 Å². The summed E-state index contributed by atoms with van der Waals surface area (Å²) in [4.78, 5) is 13.7. The Kier molecular flexibility index (Phi) is 8.91. The summed E-state index contributed by atoms with van der Waals surface area (Å²) in [7, 11) is 1.87. The van der Waals surface area contributed by atoms with Crippen molar-refractivity contribution in [1.29, 1.82) is 0 Å². The molecule has 0 saturated carbocycles. The summed E-state index contributed by atoms with van der Waals surface area (Å²) in [5.74, 6) is 0.232. The van der Waals surface area contributed by atoms with Gasteiger partial charge in [0.05, 0.1) is 0 Å². The maximum absolute atomic E-state index is 11.9. The molecule has 0 atom stereocenters. The van der Waals surface area contributed by atoms with Crippen molar-refractivity contribution < 1.29 is 4.79 Å². The summed E-state index contributed by atoms with van der Waals surface area (Å²) in [6.45, 7) is 12.1. The van der Waals surface area contributed by atoms with E-state index in [1.165, 1.54) is 0 Å². The first-order chi connectivity index (χ1) is 7.57. The van der Waals surface area contributed by atoms with Crippen LogP contribution < -0.4 is 5.73 Å². The van der Waals surface area contributed by atoms with Crippen LogP contribution in [0.3, 0.4) is 0 Å². The van der Waals surface area contributed by atoms with E-state index in [1.54, 1.807) is 0 Å². The highest BCUT2D eigenvalue weighted by molar-refractivity contribution is 5.85. The summed E-state index contributed by atoms with van der Waals surface area (Å²) in [5.41, 5.74) is 6.00. The monoisotopic (exact) mass is 278 g/mol. The number of nitrogens with zero attached hydrogens (tertiary/aromatic N) is 1. The Morgan fingerprint density at radius 1 is 1.17 bits per heavy atom. The molecule has 0 spiro atoms. The molecular formula is C14H31ClN2O. The zero-order valence-electron chi connectivity index (χ0n) is 12.9. The van der Waals surface area contributed by atoms with Gasteiger partial charge in [0, 0.05) is 20.0 Å². The van der Waals surface area contributed by atoms with Crippen molar-refractivity contribution in [3.8, 4) is 0 Å². The van der Waals surface area contributed by atoms with Gasteiger partial charge in [0.2, 0.25) is 5.91 Å². The fourth-order valence-electron chi connectivity index (χ4n) is 1.76. The van der Waals surface area contributed by atoms with Crippen molar-refractivity contribution in [2.45, 2.75) is 53.9 Å². The van der Waals surface area contributed by atoms with Gasteiger partial charge in [-0.3, -0.25) is 4.79 Å². The Labute approximate surface area is 119 Å². The van der Waals surface area contributed by atoms with Crippen molar-refractivity contribution >= 4 is 18.3 Å². The Morgan fingerprint density at radius 2 is 1.67 bits per heavy atom. The number of halogens is 1. The summed E-state index contributed by atoms with van der Waals surface area (Å²) >= 11 is 0. The lowest BCUT2D eigenvalue weighted by molar-refractivity contribution is -0.131. The average molecular weight is 279 g/mol. The minimum absolute atomic E-state index is 0. The van der Waals surface area contributed by atoms with E-state index in [0.717, 1.165) is 19.4 Å². The van der Waals surface area contributed by atoms with Gasteiger partial charge in [0.25, 0.3) is 0 Å². The van der Waals surface area contributed by atoms with Crippen LogP contribution in [0.4, 0.5) is 0 Å². The standard InChI is InChI=1S/C14H30N2O.ClH/c1-13(2,3)9-7-8-12(17)16(6)11-14(4,5)10-15;/h7-11,15H2,1-6H3;1H. The van der Waals surface area contributed by atoms with Crippen LogP contribution in [-0.2, 0) is 4.79 Å². The maximum atomic E-state index is 11.9. The molecule has 0 aromatic rings. The van der Waals surface area contributed by atoms with Crippen LogP contribution in [-0.4, -0.2) is 30.9 Å². The van der Waals surface area contributed by atoms with Gasteiger partial charge in [-0.25, -0.2) is 0 Å². The second kappa shape index (κ2) is 8.00. The third kappa shape index (κ3) is 9.72. The number of rotatable bonds is 6. The molecule has 1 amide bonds. The van der Waals surface area contributed by atoms with Crippen molar-refractivity contribution in [2.75, 3.05) is 20.1 Å². The van der Waals surface area contributed by atoms with E-state index >= 15 is 0 Å². The predicted molar refractivity (Wildman–Crippen MR) is 81.0 cm³/mol. The number of hydrogen-bond donors (Lipinski definition) is 1. The first kappa shape index (κ1) is 20.0. The maximum Gasteiger partial charge on any atom is 0.222 e. The molecule has 0 aliphatic rings. The van der Waals surface area contributed by atoms with Gasteiger partial charge in [-0.15, -0.1) is 12.4 Å². The highest BCUT2D eigenvalue weighted by Gasteiger charge is 2.21. The van der Waals surface area contributed by atoms with E-state index in [1.807, 2.05) is 11.9 Å². The molecule has 0 aliphatic carbocycles. The van der Waals surface area contributed by atoms with Gasteiger partial charge < -0.3 is 10.6 Å². The highest BCUT2D eigenvalue weighted by atomic mass is 35.5. The van der Waals surface area contributed by atoms with Gasteiger partial charge in [-0.1, -0.05) is 34.6 Å². The SMILES string of the molecule is CN(CC(C)(C)CN)C(=O)CCCC(C)(C)C.Cl. The van der Waals surface area contributed by atoms with Crippen molar-refractivity contribution in [3.63, 3.8) is 0 Å². The van der Waals surface area contributed by atoms with Crippen LogP contribution in [0.5, 0.6) is 0 Å². The van der Waals surface area contributed by atoms with Crippen LogP contribution in [0.1, 0.15) is 53.9 Å². The molecule has 2 N–H and O–H groups in total. The Bertz CT molecular complexity index is 247. The van der Waals surface area contributed by atoms with Gasteiger partial charge in [-0.05, 0) is 30.2 Å². The van der Waals surface area contributed by atoms with E-state index in [9.17, 15) is 4.79 Å². The molecule has 0 bridgehead atoms. The molecule has 0 heterocycles. The lowest BCUT2D eigenvalue weighted by Gasteiger charge is -2.29. The molecular weight excluding hydrogens is 248 g/mol. The van der Waals surface area contributed by atoms with Crippen LogP contribution in [0.25, 0.3) is 0 Å². The predicted octanol–water partition coefficient (Wildman–Crippen LogP) is 3.07. The molecule has 3 nitrogen and oxygen atoms in total. The number of carbonyl (C=O) groups excluding carboxylic acids is 1. The number of amides is 1. The Morgan fingerprint density at radius 3 is 2.06 bits per heavy atom. The molecule has 0 rings (SSSR count). The number of carbonyl (C=O) groups is 1. The molecule has 0 saturated heterocycles. The molecule has 110 valence electrons. The molecule has 4 heteroatoms. The normalized spacial score (nSPS) is 11.9. The van der Waals surface area contributed by atoms with Gasteiger partial charge in [0.15, 0.2) is 0 Å². The summed E-state index contributed by atoms with van der Waals surface area (Å²) < 4.78 is 0. The van der Waals surface area contributed by atoms with Gasteiger partial charge in [0.1, 0.15) is 0 Å². The average Bonchev–Trinajstić information content (AvgIpc) is 2.15. The first-order valence-electron chi connectivity index (χ1n) is 6.51. The molecule has 0 aromatic carbocycles. The fourth-order valence-corrected chi connectivity index (χ4v) is 1.76. The van der Waals surface area contributed by atoms with Gasteiger partial charge in [-0.2, -0.15) is 0 Å². The van der Waals surface area contributed by atoms with E-state index in [4.69, 9.17) is 5.73 Å². The second-order valence-corrected chi connectivity index (χ2v) is 7.03. The van der Waals surface area contributed by atoms with Crippen molar-refractivity contribution in [1.82, 2.24) is 4.90 Å². The van der Waals surface area contributed by atoms with Crippen molar-refractivity contribution in [2.24, 2.45) is 16.6 Å². The van der Waals surface area contributed by atoms with E-state index < -0.39 is 0 Å². The van der Waals surface area contributed by atoms with E-state index in [-0.39, 0.29) is 23.7 Å². The summed E-state index contributed by atoms with van der Waals surface area (Å²) in [6, 6.07) is 0. The van der Waals surface area contributed by atoms with Crippen molar-refractivity contribution in [3.05, 3.63) is 0 Å². The molecule has 0 unspecified atom stereocenters. The zero-order chi connectivity index (χ0) is 13.7. The lowest BCUT2D eigenvalue weighted by Crippen LogP contribution is -2.39. The molecule has 0 aromatic heterocycles. The summed E-state index contributed by atoms with van der Waals surface area (Å²) in [6.07, 6.45) is 2.71. The van der Waals surface area contributed by atoms with Crippen LogP contribution in [0.2, 0.25) is 0 Å². The zero-order valence-corrected chi connectivity index (χ0v) is 13.7. The van der Waals surface area contributed by atoms with Crippen LogP contribution in [0.15, 0.2) is 0 Å². The third-order valence-corrected chi connectivity index (χ3v) is 2.96.